The van der Waals surface area contributed by atoms with Crippen molar-refractivity contribution in [2.24, 2.45) is 0 Å². The van der Waals surface area contributed by atoms with Crippen LogP contribution in [-0.4, -0.2) is 30.6 Å². The molecule has 1 amide bonds. The van der Waals surface area contributed by atoms with Gasteiger partial charge in [-0.2, -0.15) is 5.10 Å². The Bertz CT molecular complexity index is 1010. The first-order valence-electron chi connectivity index (χ1n) is 9.41. The molecular weight excluding hydrogens is 362 g/mol. The standard InChI is InChI=1S/C23H21N5O/c29-23(22-14-26-28(18-22)17-19-5-2-1-3-6-19)27(15-20-8-11-24-12-9-20)16-21-7-4-10-25-13-21/h1-14,18H,15-17H2. The van der Waals surface area contributed by atoms with Crippen molar-refractivity contribution in [3.63, 3.8) is 0 Å². The van der Waals surface area contributed by atoms with Gasteiger partial charge in [-0.1, -0.05) is 36.4 Å². The van der Waals surface area contributed by atoms with Crippen LogP contribution in [0.1, 0.15) is 27.0 Å². The highest BCUT2D eigenvalue weighted by atomic mass is 16.2. The first-order valence-corrected chi connectivity index (χ1v) is 9.41. The SMILES string of the molecule is O=C(c1cnn(Cc2ccccc2)c1)N(Cc1ccncc1)Cc1cccnc1. The van der Waals surface area contributed by atoms with Crippen LogP contribution < -0.4 is 0 Å². The molecule has 0 saturated carbocycles. The van der Waals surface area contributed by atoms with E-state index in [-0.39, 0.29) is 5.91 Å². The van der Waals surface area contributed by atoms with Crippen molar-refractivity contribution < 1.29 is 4.79 Å². The molecule has 0 aliphatic carbocycles. The normalized spacial score (nSPS) is 10.6. The fourth-order valence-corrected chi connectivity index (χ4v) is 3.13. The second-order valence-corrected chi connectivity index (χ2v) is 6.79. The van der Waals surface area contributed by atoms with Gasteiger partial charge in [-0.15, -0.1) is 0 Å². The molecule has 6 nitrogen and oxygen atoms in total. The van der Waals surface area contributed by atoms with Crippen molar-refractivity contribution in [3.05, 3.63) is 114 Å². The second-order valence-electron chi connectivity index (χ2n) is 6.79. The van der Waals surface area contributed by atoms with E-state index in [1.54, 1.807) is 46.8 Å². The van der Waals surface area contributed by atoms with Crippen molar-refractivity contribution in [1.82, 2.24) is 24.6 Å². The monoisotopic (exact) mass is 383 g/mol. The van der Waals surface area contributed by atoms with Crippen LogP contribution in [0.3, 0.4) is 0 Å². The van der Waals surface area contributed by atoms with Gasteiger partial charge in [-0.25, -0.2) is 0 Å². The molecule has 144 valence electrons. The molecule has 4 rings (SSSR count). The Morgan fingerprint density at radius 1 is 0.793 bits per heavy atom. The third-order valence-corrected chi connectivity index (χ3v) is 4.57. The number of nitrogens with zero attached hydrogens (tertiary/aromatic N) is 5. The molecule has 0 N–H and O–H groups in total. The van der Waals surface area contributed by atoms with Crippen molar-refractivity contribution in [1.29, 1.82) is 0 Å². The Kier molecular flexibility index (Phi) is 5.71. The molecular formula is C23H21N5O. The van der Waals surface area contributed by atoms with E-state index in [0.717, 1.165) is 16.7 Å². The number of hydrogen-bond donors (Lipinski definition) is 0. The zero-order valence-corrected chi connectivity index (χ0v) is 15.9. The molecule has 6 heteroatoms. The van der Waals surface area contributed by atoms with Crippen LogP contribution >= 0.6 is 0 Å². The maximum atomic E-state index is 13.3. The van der Waals surface area contributed by atoms with Crippen LogP contribution in [0, 0.1) is 0 Å². The third kappa shape index (κ3) is 4.93. The van der Waals surface area contributed by atoms with Gasteiger partial charge >= 0.3 is 0 Å². The Morgan fingerprint density at radius 2 is 1.55 bits per heavy atom. The Labute approximate surface area is 169 Å². The molecule has 0 aliphatic heterocycles. The fourth-order valence-electron chi connectivity index (χ4n) is 3.13. The zero-order chi connectivity index (χ0) is 19.9. The van der Waals surface area contributed by atoms with E-state index in [9.17, 15) is 4.79 Å². The summed E-state index contributed by atoms with van der Waals surface area (Å²) < 4.78 is 1.79. The summed E-state index contributed by atoms with van der Waals surface area (Å²) in [6.07, 6.45) is 10.4. The molecule has 3 heterocycles. The predicted octanol–water partition coefficient (Wildman–Crippen LogP) is 3.56. The van der Waals surface area contributed by atoms with Crippen molar-refractivity contribution in [3.8, 4) is 0 Å². The van der Waals surface area contributed by atoms with Gasteiger partial charge in [0.25, 0.3) is 5.91 Å². The second kappa shape index (κ2) is 8.93. The fraction of sp³-hybridized carbons (Fsp3) is 0.130. The molecule has 0 atom stereocenters. The lowest BCUT2D eigenvalue weighted by Crippen LogP contribution is -2.30. The van der Waals surface area contributed by atoms with Gasteiger partial charge in [-0.05, 0) is 34.9 Å². The van der Waals surface area contributed by atoms with Gasteiger partial charge < -0.3 is 4.90 Å². The zero-order valence-electron chi connectivity index (χ0n) is 15.9. The minimum atomic E-state index is -0.0648. The van der Waals surface area contributed by atoms with Crippen LogP contribution in [0.15, 0.2) is 91.8 Å². The minimum absolute atomic E-state index is 0.0648. The Hall–Kier alpha value is -3.80. The minimum Gasteiger partial charge on any atom is -0.330 e. The number of hydrogen-bond acceptors (Lipinski definition) is 4. The van der Waals surface area contributed by atoms with Crippen LogP contribution in [0.5, 0.6) is 0 Å². The molecule has 0 fully saturated rings. The molecule has 1 aromatic carbocycles. The summed E-state index contributed by atoms with van der Waals surface area (Å²) in [5.41, 5.74) is 3.71. The van der Waals surface area contributed by atoms with Gasteiger partial charge in [0, 0.05) is 44.1 Å². The average molecular weight is 383 g/mol. The lowest BCUT2D eigenvalue weighted by molar-refractivity contribution is 0.0729. The van der Waals surface area contributed by atoms with E-state index in [2.05, 4.69) is 15.1 Å². The van der Waals surface area contributed by atoms with E-state index in [1.807, 2.05) is 54.6 Å². The van der Waals surface area contributed by atoms with Gasteiger partial charge in [0.1, 0.15) is 0 Å². The number of carbonyl (C=O) groups excluding carboxylic acids is 1. The van der Waals surface area contributed by atoms with Gasteiger partial charge in [-0.3, -0.25) is 19.4 Å². The summed E-state index contributed by atoms with van der Waals surface area (Å²) >= 11 is 0. The number of amides is 1. The molecule has 0 aliphatic rings. The Morgan fingerprint density at radius 3 is 2.31 bits per heavy atom. The van der Waals surface area contributed by atoms with Gasteiger partial charge in [0.2, 0.25) is 0 Å². The van der Waals surface area contributed by atoms with Crippen LogP contribution in [0.25, 0.3) is 0 Å². The molecule has 0 unspecified atom stereocenters. The van der Waals surface area contributed by atoms with Crippen LogP contribution in [0.2, 0.25) is 0 Å². The average Bonchev–Trinajstić information content (AvgIpc) is 3.23. The number of pyridine rings is 2. The van der Waals surface area contributed by atoms with Crippen LogP contribution in [-0.2, 0) is 19.6 Å². The van der Waals surface area contributed by atoms with E-state index in [4.69, 9.17) is 0 Å². The first kappa shape index (κ1) is 18.6. The highest BCUT2D eigenvalue weighted by Crippen LogP contribution is 2.14. The number of rotatable bonds is 7. The van der Waals surface area contributed by atoms with E-state index >= 15 is 0 Å². The molecule has 0 spiro atoms. The number of benzene rings is 1. The van der Waals surface area contributed by atoms with E-state index < -0.39 is 0 Å². The lowest BCUT2D eigenvalue weighted by atomic mass is 10.2. The lowest BCUT2D eigenvalue weighted by Gasteiger charge is -2.22. The number of aromatic nitrogens is 4. The summed E-state index contributed by atoms with van der Waals surface area (Å²) in [6.45, 7) is 1.58. The topological polar surface area (TPSA) is 63.9 Å². The summed E-state index contributed by atoms with van der Waals surface area (Å²) in [4.78, 5) is 23.3. The van der Waals surface area contributed by atoms with E-state index in [1.165, 1.54) is 0 Å². The summed E-state index contributed by atoms with van der Waals surface area (Å²) in [6, 6.07) is 17.7. The highest BCUT2D eigenvalue weighted by molar-refractivity contribution is 5.93. The molecule has 29 heavy (non-hydrogen) atoms. The quantitative estimate of drug-likeness (QED) is 0.489. The van der Waals surface area contributed by atoms with Crippen molar-refractivity contribution in [2.75, 3.05) is 0 Å². The molecule has 0 radical (unpaired) electrons. The summed E-state index contributed by atoms with van der Waals surface area (Å²) in [5.74, 6) is -0.0648. The molecule has 4 aromatic rings. The number of carbonyl (C=O) groups is 1. The van der Waals surface area contributed by atoms with Crippen LogP contribution in [0.4, 0.5) is 0 Å². The predicted molar refractivity (Wildman–Crippen MR) is 110 cm³/mol. The summed E-state index contributed by atoms with van der Waals surface area (Å²) in [5, 5.41) is 4.38. The molecule has 3 aromatic heterocycles. The van der Waals surface area contributed by atoms with Gasteiger partial charge in [0.05, 0.1) is 18.3 Å². The largest absolute Gasteiger partial charge is 0.330 e. The van der Waals surface area contributed by atoms with Crippen molar-refractivity contribution >= 4 is 5.91 Å². The van der Waals surface area contributed by atoms with Gasteiger partial charge in [0.15, 0.2) is 0 Å². The van der Waals surface area contributed by atoms with E-state index in [0.29, 0.717) is 25.2 Å². The first-order chi connectivity index (χ1) is 14.3. The maximum absolute atomic E-state index is 13.3. The van der Waals surface area contributed by atoms with Crippen molar-refractivity contribution in [2.45, 2.75) is 19.6 Å². The summed E-state index contributed by atoms with van der Waals surface area (Å²) in [7, 11) is 0. The highest BCUT2D eigenvalue weighted by Gasteiger charge is 2.18. The Balaban J connectivity index is 1.54. The smallest absolute Gasteiger partial charge is 0.257 e. The maximum Gasteiger partial charge on any atom is 0.257 e. The molecule has 0 saturated heterocycles. The molecule has 0 bridgehead atoms. The third-order valence-electron chi connectivity index (χ3n) is 4.57.